The molecule has 2 atom stereocenters. The molecule has 1 amide bonds. The molecule has 1 heterocycles. The Kier molecular flexibility index (Phi) is 4.39. The molecule has 19 heavy (non-hydrogen) atoms. The van der Waals surface area contributed by atoms with Crippen LogP contribution in [0.5, 0.6) is 0 Å². The lowest BCUT2D eigenvalue weighted by Crippen LogP contribution is -2.39. The first-order chi connectivity index (χ1) is 9.04. The molecule has 0 saturated heterocycles. The van der Waals surface area contributed by atoms with Gasteiger partial charge in [-0.25, -0.2) is 0 Å². The van der Waals surface area contributed by atoms with Gasteiger partial charge < -0.3 is 11.1 Å². The summed E-state index contributed by atoms with van der Waals surface area (Å²) in [7, 11) is 0. The summed E-state index contributed by atoms with van der Waals surface area (Å²) < 4.78 is 0. The van der Waals surface area contributed by atoms with Gasteiger partial charge in [0.2, 0.25) is 0 Å². The van der Waals surface area contributed by atoms with Crippen LogP contribution in [-0.2, 0) is 0 Å². The molecule has 1 saturated carbocycles. The standard InChI is InChI=1S/C13H22N4OS/c1-7(2)11-10(14)12(17-16-11)13(18)15-8-5-4-6-9(8)19-3/h7-9H,4-6,14H2,1-3H3,(H,15,18)(H,16,17). The Hall–Kier alpha value is -1.17. The molecule has 0 spiro atoms. The number of aromatic amines is 1. The van der Waals surface area contributed by atoms with Crippen LogP contribution in [-0.4, -0.2) is 33.7 Å². The van der Waals surface area contributed by atoms with E-state index >= 15 is 0 Å². The van der Waals surface area contributed by atoms with Gasteiger partial charge in [0, 0.05) is 11.3 Å². The first-order valence-electron chi connectivity index (χ1n) is 6.72. The number of H-pyrrole nitrogens is 1. The van der Waals surface area contributed by atoms with Crippen molar-refractivity contribution in [3.05, 3.63) is 11.4 Å². The highest BCUT2D eigenvalue weighted by Gasteiger charge is 2.29. The maximum Gasteiger partial charge on any atom is 0.274 e. The number of hydrogen-bond acceptors (Lipinski definition) is 4. The predicted molar refractivity (Wildman–Crippen MR) is 79.5 cm³/mol. The second-order valence-electron chi connectivity index (χ2n) is 5.34. The Morgan fingerprint density at radius 2 is 2.26 bits per heavy atom. The normalized spacial score (nSPS) is 22.9. The summed E-state index contributed by atoms with van der Waals surface area (Å²) >= 11 is 1.82. The van der Waals surface area contributed by atoms with Crippen molar-refractivity contribution in [3.63, 3.8) is 0 Å². The van der Waals surface area contributed by atoms with Gasteiger partial charge in [-0.05, 0) is 25.0 Å². The topological polar surface area (TPSA) is 83.8 Å². The van der Waals surface area contributed by atoms with Gasteiger partial charge >= 0.3 is 0 Å². The molecule has 0 aromatic carbocycles. The van der Waals surface area contributed by atoms with Crippen molar-refractivity contribution in [1.29, 1.82) is 0 Å². The summed E-state index contributed by atoms with van der Waals surface area (Å²) in [6.45, 7) is 4.04. The van der Waals surface area contributed by atoms with E-state index < -0.39 is 0 Å². The third-order valence-electron chi connectivity index (χ3n) is 3.70. The summed E-state index contributed by atoms with van der Waals surface area (Å²) in [6.07, 6.45) is 5.47. The SMILES string of the molecule is CSC1CCCC1NC(=O)c1n[nH]c(C(C)C)c1N. The van der Waals surface area contributed by atoms with Crippen LogP contribution in [0.3, 0.4) is 0 Å². The number of anilines is 1. The van der Waals surface area contributed by atoms with Crippen LogP contribution < -0.4 is 11.1 Å². The molecule has 5 nitrogen and oxygen atoms in total. The highest BCUT2D eigenvalue weighted by molar-refractivity contribution is 7.99. The molecular weight excluding hydrogens is 260 g/mol. The number of nitrogens with zero attached hydrogens (tertiary/aromatic N) is 1. The van der Waals surface area contributed by atoms with Crippen molar-refractivity contribution in [3.8, 4) is 0 Å². The third kappa shape index (κ3) is 2.88. The summed E-state index contributed by atoms with van der Waals surface area (Å²) in [5, 5.41) is 10.5. The molecule has 106 valence electrons. The van der Waals surface area contributed by atoms with E-state index in [1.54, 1.807) is 0 Å². The first kappa shape index (κ1) is 14.2. The number of nitrogen functional groups attached to an aromatic ring is 1. The van der Waals surface area contributed by atoms with Gasteiger partial charge in [-0.1, -0.05) is 20.3 Å². The minimum atomic E-state index is -0.161. The lowest BCUT2D eigenvalue weighted by atomic mass is 10.1. The average Bonchev–Trinajstić information content (AvgIpc) is 2.95. The fourth-order valence-electron chi connectivity index (χ4n) is 2.59. The first-order valence-corrected chi connectivity index (χ1v) is 8.00. The van der Waals surface area contributed by atoms with E-state index in [0.717, 1.165) is 12.1 Å². The van der Waals surface area contributed by atoms with Crippen LogP contribution in [0, 0.1) is 0 Å². The molecule has 1 fully saturated rings. The van der Waals surface area contributed by atoms with Crippen LogP contribution in [0.25, 0.3) is 0 Å². The lowest BCUT2D eigenvalue weighted by Gasteiger charge is -2.18. The molecule has 0 aliphatic heterocycles. The number of nitrogens with one attached hydrogen (secondary N) is 2. The Morgan fingerprint density at radius 3 is 2.84 bits per heavy atom. The van der Waals surface area contributed by atoms with E-state index in [2.05, 4.69) is 21.8 Å². The molecular formula is C13H22N4OS. The van der Waals surface area contributed by atoms with Gasteiger partial charge in [0.05, 0.1) is 11.4 Å². The molecule has 2 unspecified atom stereocenters. The smallest absolute Gasteiger partial charge is 0.274 e. The monoisotopic (exact) mass is 282 g/mol. The fraction of sp³-hybridized carbons (Fsp3) is 0.692. The number of nitrogens with two attached hydrogens (primary N) is 1. The van der Waals surface area contributed by atoms with Crippen molar-refractivity contribution >= 4 is 23.4 Å². The Balaban J connectivity index is 2.08. The Labute approximate surface area is 118 Å². The summed E-state index contributed by atoms with van der Waals surface area (Å²) in [5.41, 5.74) is 7.63. The van der Waals surface area contributed by atoms with Crippen molar-refractivity contribution in [2.75, 3.05) is 12.0 Å². The van der Waals surface area contributed by atoms with E-state index in [1.165, 1.54) is 12.8 Å². The molecule has 6 heteroatoms. The van der Waals surface area contributed by atoms with Gasteiger partial charge in [0.1, 0.15) is 0 Å². The largest absolute Gasteiger partial charge is 0.395 e. The number of hydrogen-bond donors (Lipinski definition) is 3. The van der Waals surface area contributed by atoms with Gasteiger partial charge in [0.25, 0.3) is 5.91 Å². The van der Waals surface area contributed by atoms with Crippen LogP contribution in [0.15, 0.2) is 0 Å². The number of thioether (sulfide) groups is 1. The predicted octanol–water partition coefficient (Wildman–Crippen LogP) is 2.13. The summed E-state index contributed by atoms with van der Waals surface area (Å²) in [5.74, 6) is 0.0751. The quantitative estimate of drug-likeness (QED) is 0.790. The fourth-order valence-corrected chi connectivity index (χ4v) is 3.52. The highest BCUT2D eigenvalue weighted by atomic mass is 32.2. The minimum Gasteiger partial charge on any atom is -0.395 e. The highest BCUT2D eigenvalue weighted by Crippen LogP contribution is 2.29. The number of rotatable bonds is 4. The maximum atomic E-state index is 12.2. The second-order valence-corrected chi connectivity index (χ2v) is 6.42. The van der Waals surface area contributed by atoms with Crippen LogP contribution in [0.4, 0.5) is 5.69 Å². The van der Waals surface area contributed by atoms with E-state index in [4.69, 9.17) is 5.73 Å². The van der Waals surface area contributed by atoms with E-state index in [9.17, 15) is 4.79 Å². The molecule has 1 aliphatic rings. The lowest BCUT2D eigenvalue weighted by molar-refractivity contribution is 0.0934. The van der Waals surface area contributed by atoms with Gasteiger partial charge in [-0.15, -0.1) is 0 Å². The zero-order valence-electron chi connectivity index (χ0n) is 11.7. The summed E-state index contributed by atoms with van der Waals surface area (Å²) in [4.78, 5) is 12.2. The molecule has 2 rings (SSSR count). The average molecular weight is 282 g/mol. The molecule has 0 bridgehead atoms. The molecule has 4 N–H and O–H groups in total. The number of amides is 1. The van der Waals surface area contributed by atoms with Crippen molar-refractivity contribution in [2.45, 2.75) is 50.3 Å². The second kappa shape index (κ2) is 5.86. The molecule has 1 aromatic heterocycles. The van der Waals surface area contributed by atoms with Crippen LogP contribution in [0.2, 0.25) is 0 Å². The van der Waals surface area contributed by atoms with E-state index in [0.29, 0.717) is 16.6 Å². The zero-order valence-corrected chi connectivity index (χ0v) is 12.5. The van der Waals surface area contributed by atoms with Crippen molar-refractivity contribution in [2.24, 2.45) is 0 Å². The van der Waals surface area contributed by atoms with Gasteiger partial charge in [-0.2, -0.15) is 16.9 Å². The van der Waals surface area contributed by atoms with Gasteiger partial charge in [0.15, 0.2) is 5.69 Å². The van der Waals surface area contributed by atoms with Gasteiger partial charge in [-0.3, -0.25) is 9.89 Å². The minimum absolute atomic E-state index is 0.161. The Bertz CT molecular complexity index is 457. The molecule has 1 aromatic rings. The number of carbonyl (C=O) groups excluding carboxylic acids is 1. The van der Waals surface area contributed by atoms with Crippen LogP contribution >= 0.6 is 11.8 Å². The number of carbonyl (C=O) groups is 1. The maximum absolute atomic E-state index is 12.2. The van der Waals surface area contributed by atoms with Crippen molar-refractivity contribution < 1.29 is 4.79 Å². The van der Waals surface area contributed by atoms with Crippen LogP contribution in [0.1, 0.15) is 55.2 Å². The van der Waals surface area contributed by atoms with Crippen molar-refractivity contribution in [1.82, 2.24) is 15.5 Å². The third-order valence-corrected chi connectivity index (χ3v) is 4.87. The number of aromatic nitrogens is 2. The molecule has 0 radical (unpaired) electrons. The van der Waals surface area contributed by atoms with E-state index in [1.807, 2.05) is 25.6 Å². The summed E-state index contributed by atoms with van der Waals surface area (Å²) in [6, 6.07) is 0.237. The molecule has 1 aliphatic carbocycles. The van der Waals surface area contributed by atoms with E-state index in [-0.39, 0.29) is 17.9 Å². The zero-order chi connectivity index (χ0) is 14.0. The Morgan fingerprint density at radius 1 is 1.53 bits per heavy atom.